The summed E-state index contributed by atoms with van der Waals surface area (Å²) in [6, 6.07) is 23.0. The highest BCUT2D eigenvalue weighted by molar-refractivity contribution is 5.95. The first-order valence-corrected chi connectivity index (χ1v) is 8.22. The van der Waals surface area contributed by atoms with Gasteiger partial charge in [0, 0.05) is 12.6 Å². The summed E-state index contributed by atoms with van der Waals surface area (Å²) in [5, 5.41) is 7.96. The zero-order valence-electron chi connectivity index (χ0n) is 14.0. The van der Waals surface area contributed by atoms with E-state index in [1.54, 1.807) is 0 Å². The lowest BCUT2D eigenvalue weighted by molar-refractivity contribution is -0.120. The predicted octanol–water partition coefficient (Wildman–Crippen LogP) is 4.05. The molecule has 0 aliphatic rings. The van der Waals surface area contributed by atoms with Crippen LogP contribution in [0.2, 0.25) is 0 Å². The molecule has 0 aliphatic carbocycles. The maximum absolute atomic E-state index is 12.5. The fraction of sp³-hybridized carbons (Fsp3) is 0.143. The van der Waals surface area contributed by atoms with Crippen molar-refractivity contribution in [2.24, 2.45) is 0 Å². The molecule has 2 amide bonds. The number of hydrogen-bond donors (Lipinski definition) is 2. The highest BCUT2D eigenvalue weighted by atomic mass is 16.2. The van der Waals surface area contributed by atoms with Gasteiger partial charge in [-0.3, -0.25) is 9.59 Å². The van der Waals surface area contributed by atoms with Crippen molar-refractivity contribution in [3.63, 3.8) is 0 Å². The first-order chi connectivity index (χ1) is 12.1. The molecule has 0 aromatic heterocycles. The molecule has 0 bridgehead atoms. The van der Waals surface area contributed by atoms with Crippen LogP contribution in [0.4, 0.5) is 5.69 Å². The Hall–Kier alpha value is -3.14. The lowest BCUT2D eigenvalue weighted by Gasteiger charge is -2.18. The van der Waals surface area contributed by atoms with Crippen molar-refractivity contribution >= 4 is 28.3 Å². The van der Waals surface area contributed by atoms with Gasteiger partial charge in [-0.25, -0.2) is 0 Å². The molecule has 0 saturated heterocycles. The molecule has 126 valence electrons. The minimum absolute atomic E-state index is 0.141. The first kappa shape index (κ1) is 16.7. The van der Waals surface area contributed by atoms with Crippen LogP contribution in [-0.2, 0) is 9.59 Å². The summed E-state index contributed by atoms with van der Waals surface area (Å²) in [6.07, 6.45) is 0.177. The van der Waals surface area contributed by atoms with Gasteiger partial charge < -0.3 is 10.6 Å². The molecule has 4 heteroatoms. The maximum atomic E-state index is 12.5. The summed E-state index contributed by atoms with van der Waals surface area (Å²) in [5.74, 6) is -0.301. The van der Waals surface area contributed by atoms with Gasteiger partial charge in [0.15, 0.2) is 0 Å². The fourth-order valence-electron chi connectivity index (χ4n) is 2.85. The van der Waals surface area contributed by atoms with Crippen LogP contribution >= 0.6 is 0 Å². The van der Waals surface area contributed by atoms with E-state index in [9.17, 15) is 9.59 Å². The number of carbonyl (C=O) groups excluding carboxylic acids is 2. The minimum Gasteiger partial charge on any atom is -0.349 e. The van der Waals surface area contributed by atoms with Crippen LogP contribution in [0.5, 0.6) is 0 Å². The SMILES string of the molecule is CC(=O)NC(CC(=O)Nc1ccc2ccccc2c1)c1ccccc1. The van der Waals surface area contributed by atoms with Gasteiger partial charge >= 0.3 is 0 Å². The summed E-state index contributed by atoms with van der Waals surface area (Å²) in [6.45, 7) is 1.46. The van der Waals surface area contributed by atoms with E-state index in [2.05, 4.69) is 10.6 Å². The molecule has 0 radical (unpaired) electrons. The van der Waals surface area contributed by atoms with Gasteiger partial charge in [-0.2, -0.15) is 0 Å². The molecule has 0 saturated carbocycles. The topological polar surface area (TPSA) is 58.2 Å². The summed E-state index contributed by atoms with van der Waals surface area (Å²) < 4.78 is 0. The predicted molar refractivity (Wildman–Crippen MR) is 100 cm³/mol. The molecule has 0 heterocycles. The minimum atomic E-state index is -0.348. The van der Waals surface area contributed by atoms with E-state index in [-0.39, 0.29) is 24.3 Å². The smallest absolute Gasteiger partial charge is 0.226 e. The molecule has 0 aliphatic heterocycles. The second-order valence-corrected chi connectivity index (χ2v) is 5.98. The molecule has 3 aromatic carbocycles. The third-order valence-corrected chi connectivity index (χ3v) is 4.00. The number of benzene rings is 3. The van der Waals surface area contributed by atoms with Crippen molar-refractivity contribution in [3.05, 3.63) is 78.4 Å². The Balaban J connectivity index is 1.73. The summed E-state index contributed by atoms with van der Waals surface area (Å²) in [7, 11) is 0. The Kier molecular flexibility index (Phi) is 5.09. The summed E-state index contributed by atoms with van der Waals surface area (Å²) in [5.41, 5.74) is 1.66. The van der Waals surface area contributed by atoms with E-state index in [1.165, 1.54) is 6.92 Å². The van der Waals surface area contributed by atoms with Crippen molar-refractivity contribution < 1.29 is 9.59 Å². The van der Waals surface area contributed by atoms with Crippen molar-refractivity contribution in [2.45, 2.75) is 19.4 Å². The molecule has 25 heavy (non-hydrogen) atoms. The summed E-state index contributed by atoms with van der Waals surface area (Å²) in [4.78, 5) is 23.9. The molecule has 1 unspecified atom stereocenters. The molecular weight excluding hydrogens is 312 g/mol. The van der Waals surface area contributed by atoms with Crippen LogP contribution in [0.15, 0.2) is 72.8 Å². The van der Waals surface area contributed by atoms with E-state index >= 15 is 0 Å². The van der Waals surface area contributed by atoms with Crippen LogP contribution < -0.4 is 10.6 Å². The van der Waals surface area contributed by atoms with E-state index in [4.69, 9.17) is 0 Å². The standard InChI is InChI=1S/C21H20N2O2/c1-15(24)22-20(17-8-3-2-4-9-17)14-21(25)23-19-12-11-16-7-5-6-10-18(16)13-19/h2-13,20H,14H2,1H3,(H,22,24)(H,23,25). The average molecular weight is 332 g/mol. The molecule has 2 N–H and O–H groups in total. The molecule has 3 rings (SSSR count). The Morgan fingerprint density at radius 3 is 2.28 bits per heavy atom. The van der Waals surface area contributed by atoms with Crippen molar-refractivity contribution in [2.75, 3.05) is 5.32 Å². The normalized spacial score (nSPS) is 11.7. The van der Waals surface area contributed by atoms with E-state index in [1.807, 2.05) is 72.8 Å². The average Bonchev–Trinajstić information content (AvgIpc) is 2.61. The van der Waals surface area contributed by atoms with Gasteiger partial charge in [0.05, 0.1) is 12.5 Å². The number of carbonyl (C=O) groups is 2. The fourth-order valence-corrected chi connectivity index (χ4v) is 2.85. The number of rotatable bonds is 5. The second kappa shape index (κ2) is 7.62. The number of anilines is 1. The van der Waals surface area contributed by atoms with Gasteiger partial charge in [0.25, 0.3) is 0 Å². The molecular formula is C21H20N2O2. The lowest BCUT2D eigenvalue weighted by Crippen LogP contribution is -2.29. The largest absolute Gasteiger partial charge is 0.349 e. The zero-order valence-corrected chi connectivity index (χ0v) is 14.0. The Morgan fingerprint density at radius 2 is 1.56 bits per heavy atom. The zero-order chi connectivity index (χ0) is 17.6. The molecule has 1 atom stereocenters. The van der Waals surface area contributed by atoms with Crippen LogP contribution in [0.3, 0.4) is 0 Å². The van der Waals surface area contributed by atoms with E-state index < -0.39 is 0 Å². The van der Waals surface area contributed by atoms with Gasteiger partial charge in [-0.15, -0.1) is 0 Å². The molecule has 0 spiro atoms. The second-order valence-electron chi connectivity index (χ2n) is 5.98. The number of fused-ring (bicyclic) bond motifs is 1. The monoisotopic (exact) mass is 332 g/mol. The van der Waals surface area contributed by atoms with Gasteiger partial charge in [-0.05, 0) is 28.5 Å². The van der Waals surface area contributed by atoms with Crippen molar-refractivity contribution in [1.82, 2.24) is 5.32 Å². The highest BCUT2D eigenvalue weighted by Crippen LogP contribution is 2.21. The van der Waals surface area contributed by atoms with Crippen molar-refractivity contribution in [1.29, 1.82) is 0 Å². The Bertz CT molecular complexity index is 891. The molecule has 4 nitrogen and oxygen atoms in total. The van der Waals surface area contributed by atoms with Crippen LogP contribution in [0.25, 0.3) is 10.8 Å². The van der Waals surface area contributed by atoms with Crippen molar-refractivity contribution in [3.8, 4) is 0 Å². The van der Waals surface area contributed by atoms with Crippen LogP contribution in [0.1, 0.15) is 24.9 Å². The van der Waals surface area contributed by atoms with E-state index in [0.717, 1.165) is 22.0 Å². The Morgan fingerprint density at radius 1 is 0.880 bits per heavy atom. The molecule has 3 aromatic rings. The van der Waals surface area contributed by atoms with Crippen LogP contribution in [0, 0.1) is 0 Å². The third-order valence-electron chi connectivity index (χ3n) is 4.00. The summed E-state index contributed by atoms with van der Waals surface area (Å²) >= 11 is 0. The molecule has 0 fully saturated rings. The third kappa shape index (κ3) is 4.44. The number of hydrogen-bond acceptors (Lipinski definition) is 2. The van der Waals surface area contributed by atoms with Gasteiger partial charge in [-0.1, -0.05) is 60.7 Å². The van der Waals surface area contributed by atoms with Gasteiger partial charge in [0.1, 0.15) is 0 Å². The number of amides is 2. The lowest BCUT2D eigenvalue weighted by atomic mass is 10.0. The Labute approximate surface area is 146 Å². The van der Waals surface area contributed by atoms with Crippen LogP contribution in [-0.4, -0.2) is 11.8 Å². The van der Waals surface area contributed by atoms with E-state index in [0.29, 0.717) is 0 Å². The first-order valence-electron chi connectivity index (χ1n) is 8.22. The van der Waals surface area contributed by atoms with Gasteiger partial charge in [0.2, 0.25) is 11.8 Å². The number of nitrogens with one attached hydrogen (secondary N) is 2. The quantitative estimate of drug-likeness (QED) is 0.740. The highest BCUT2D eigenvalue weighted by Gasteiger charge is 2.17. The maximum Gasteiger partial charge on any atom is 0.226 e.